The summed E-state index contributed by atoms with van der Waals surface area (Å²) in [6, 6.07) is 15.7. The molecule has 0 radical (unpaired) electrons. The molecular formula is C15H13N3O. The van der Waals surface area contributed by atoms with Gasteiger partial charge in [-0.1, -0.05) is 6.07 Å². The summed E-state index contributed by atoms with van der Waals surface area (Å²) in [6.07, 6.45) is 0. The van der Waals surface area contributed by atoms with E-state index in [1.807, 2.05) is 6.07 Å². The van der Waals surface area contributed by atoms with Crippen molar-refractivity contribution in [3.63, 3.8) is 0 Å². The first kappa shape index (κ1) is 12.7. The third-order valence-electron chi connectivity index (χ3n) is 2.82. The molecular weight excluding hydrogens is 238 g/mol. The van der Waals surface area contributed by atoms with Crippen LogP contribution in [-0.4, -0.2) is 13.0 Å². The maximum Gasteiger partial charge on any atom is 0.258 e. The van der Waals surface area contributed by atoms with Gasteiger partial charge in [0.2, 0.25) is 0 Å². The molecule has 0 bridgehead atoms. The molecule has 2 N–H and O–H groups in total. The minimum Gasteiger partial charge on any atom is -0.399 e. The van der Waals surface area contributed by atoms with E-state index in [-0.39, 0.29) is 5.91 Å². The Balaban J connectivity index is 2.26. The zero-order valence-corrected chi connectivity index (χ0v) is 10.5. The second-order valence-electron chi connectivity index (χ2n) is 4.15. The minimum atomic E-state index is -0.142. The monoisotopic (exact) mass is 251 g/mol. The second kappa shape index (κ2) is 5.23. The van der Waals surface area contributed by atoms with Gasteiger partial charge >= 0.3 is 0 Å². The summed E-state index contributed by atoms with van der Waals surface area (Å²) < 4.78 is 0. The number of hydrogen-bond donors (Lipinski definition) is 1. The van der Waals surface area contributed by atoms with Crippen molar-refractivity contribution in [3.05, 3.63) is 59.7 Å². The maximum atomic E-state index is 12.3. The fourth-order valence-corrected chi connectivity index (χ4v) is 1.74. The number of carbonyl (C=O) groups excluding carboxylic acids is 1. The van der Waals surface area contributed by atoms with Crippen molar-refractivity contribution in [1.82, 2.24) is 0 Å². The highest BCUT2D eigenvalue weighted by Crippen LogP contribution is 2.17. The van der Waals surface area contributed by atoms with E-state index in [9.17, 15) is 4.79 Å². The molecule has 0 heterocycles. The SMILES string of the molecule is CN(C(=O)c1cccc(N)c1)c1ccc(C#N)cc1. The van der Waals surface area contributed by atoms with Gasteiger partial charge in [0.15, 0.2) is 0 Å². The Morgan fingerprint density at radius 3 is 2.47 bits per heavy atom. The standard InChI is InChI=1S/C15H13N3O/c1-18(14-7-5-11(10-16)6-8-14)15(19)12-3-2-4-13(17)9-12/h2-9H,17H2,1H3. The van der Waals surface area contributed by atoms with Gasteiger partial charge in [-0.15, -0.1) is 0 Å². The molecule has 2 aromatic rings. The summed E-state index contributed by atoms with van der Waals surface area (Å²) in [6.45, 7) is 0. The van der Waals surface area contributed by atoms with Crippen LogP contribution in [0.15, 0.2) is 48.5 Å². The molecule has 0 atom stereocenters. The van der Waals surface area contributed by atoms with Gasteiger partial charge in [-0.3, -0.25) is 4.79 Å². The first-order valence-corrected chi connectivity index (χ1v) is 5.75. The second-order valence-corrected chi connectivity index (χ2v) is 4.15. The average Bonchev–Trinajstić information content (AvgIpc) is 2.46. The van der Waals surface area contributed by atoms with E-state index in [0.717, 1.165) is 5.69 Å². The predicted octanol–water partition coefficient (Wildman–Crippen LogP) is 2.42. The zero-order chi connectivity index (χ0) is 13.8. The molecule has 0 aromatic heterocycles. The lowest BCUT2D eigenvalue weighted by Crippen LogP contribution is -2.26. The highest BCUT2D eigenvalue weighted by molar-refractivity contribution is 6.06. The van der Waals surface area contributed by atoms with Crippen LogP contribution in [0.25, 0.3) is 0 Å². The van der Waals surface area contributed by atoms with Crippen molar-refractivity contribution in [2.24, 2.45) is 0 Å². The van der Waals surface area contributed by atoms with E-state index < -0.39 is 0 Å². The summed E-state index contributed by atoms with van der Waals surface area (Å²) in [5.74, 6) is -0.142. The van der Waals surface area contributed by atoms with Gasteiger partial charge < -0.3 is 10.6 Å². The van der Waals surface area contributed by atoms with Gasteiger partial charge in [0.05, 0.1) is 11.6 Å². The number of nitriles is 1. The molecule has 0 unspecified atom stereocenters. The van der Waals surface area contributed by atoms with Gasteiger partial charge in [0, 0.05) is 24.0 Å². The van der Waals surface area contributed by atoms with E-state index in [1.54, 1.807) is 55.6 Å². The summed E-state index contributed by atoms with van der Waals surface area (Å²) in [7, 11) is 1.69. The Morgan fingerprint density at radius 1 is 1.21 bits per heavy atom. The summed E-state index contributed by atoms with van der Waals surface area (Å²) in [5.41, 5.74) is 8.05. The Bertz CT molecular complexity index is 641. The van der Waals surface area contributed by atoms with Crippen LogP contribution in [0.3, 0.4) is 0 Å². The number of anilines is 2. The van der Waals surface area contributed by atoms with Crippen LogP contribution in [-0.2, 0) is 0 Å². The molecule has 0 saturated heterocycles. The number of rotatable bonds is 2. The minimum absolute atomic E-state index is 0.142. The highest BCUT2D eigenvalue weighted by Gasteiger charge is 2.13. The molecule has 2 aromatic carbocycles. The van der Waals surface area contributed by atoms with Crippen molar-refractivity contribution >= 4 is 17.3 Å². The Kier molecular flexibility index (Phi) is 3.48. The highest BCUT2D eigenvalue weighted by atomic mass is 16.2. The van der Waals surface area contributed by atoms with Gasteiger partial charge in [0.1, 0.15) is 0 Å². The zero-order valence-electron chi connectivity index (χ0n) is 10.5. The van der Waals surface area contributed by atoms with E-state index in [4.69, 9.17) is 11.0 Å². The summed E-state index contributed by atoms with van der Waals surface area (Å²) in [5, 5.41) is 8.74. The van der Waals surface area contributed by atoms with Crippen LogP contribution < -0.4 is 10.6 Å². The lowest BCUT2D eigenvalue weighted by Gasteiger charge is -2.17. The molecule has 0 saturated carbocycles. The van der Waals surface area contributed by atoms with Crippen LogP contribution in [0, 0.1) is 11.3 Å². The van der Waals surface area contributed by atoms with E-state index in [1.165, 1.54) is 4.90 Å². The average molecular weight is 251 g/mol. The molecule has 2 rings (SSSR count). The van der Waals surface area contributed by atoms with E-state index >= 15 is 0 Å². The molecule has 94 valence electrons. The number of hydrogen-bond acceptors (Lipinski definition) is 3. The van der Waals surface area contributed by atoms with E-state index in [2.05, 4.69) is 0 Å². The van der Waals surface area contributed by atoms with Gasteiger partial charge in [-0.2, -0.15) is 5.26 Å². The number of amides is 1. The van der Waals surface area contributed by atoms with Crippen LogP contribution in [0.5, 0.6) is 0 Å². The molecule has 0 aliphatic heterocycles. The van der Waals surface area contributed by atoms with Crippen molar-refractivity contribution < 1.29 is 4.79 Å². The predicted molar refractivity (Wildman–Crippen MR) is 74.7 cm³/mol. The molecule has 0 spiro atoms. The quantitative estimate of drug-likeness (QED) is 0.833. The smallest absolute Gasteiger partial charge is 0.258 e. The van der Waals surface area contributed by atoms with Gasteiger partial charge in [0.25, 0.3) is 5.91 Å². The van der Waals surface area contributed by atoms with Crippen molar-refractivity contribution in [2.45, 2.75) is 0 Å². The fourth-order valence-electron chi connectivity index (χ4n) is 1.74. The molecule has 0 aliphatic carbocycles. The topological polar surface area (TPSA) is 70.1 Å². The number of carbonyl (C=O) groups is 1. The van der Waals surface area contributed by atoms with Crippen LogP contribution in [0.2, 0.25) is 0 Å². The Morgan fingerprint density at radius 2 is 1.89 bits per heavy atom. The lowest BCUT2D eigenvalue weighted by atomic mass is 10.1. The molecule has 4 nitrogen and oxygen atoms in total. The molecule has 19 heavy (non-hydrogen) atoms. The Hall–Kier alpha value is -2.80. The molecule has 4 heteroatoms. The number of nitrogens with two attached hydrogens (primary N) is 1. The molecule has 1 amide bonds. The van der Waals surface area contributed by atoms with Crippen LogP contribution in [0.1, 0.15) is 15.9 Å². The van der Waals surface area contributed by atoms with Crippen molar-refractivity contribution in [3.8, 4) is 6.07 Å². The van der Waals surface area contributed by atoms with Gasteiger partial charge in [-0.25, -0.2) is 0 Å². The maximum absolute atomic E-state index is 12.3. The van der Waals surface area contributed by atoms with Gasteiger partial charge in [-0.05, 0) is 42.5 Å². The molecule has 0 fully saturated rings. The fraction of sp³-hybridized carbons (Fsp3) is 0.0667. The molecule has 0 aliphatic rings. The first-order chi connectivity index (χ1) is 9.11. The largest absolute Gasteiger partial charge is 0.399 e. The number of benzene rings is 2. The third kappa shape index (κ3) is 2.72. The third-order valence-corrected chi connectivity index (χ3v) is 2.82. The normalized spacial score (nSPS) is 9.68. The Labute approximate surface area is 111 Å². The van der Waals surface area contributed by atoms with Crippen LogP contribution in [0.4, 0.5) is 11.4 Å². The summed E-state index contributed by atoms with van der Waals surface area (Å²) >= 11 is 0. The first-order valence-electron chi connectivity index (χ1n) is 5.75. The van der Waals surface area contributed by atoms with Crippen LogP contribution >= 0.6 is 0 Å². The van der Waals surface area contributed by atoms with Crippen molar-refractivity contribution in [1.29, 1.82) is 5.26 Å². The number of nitrogens with zero attached hydrogens (tertiary/aromatic N) is 2. The number of nitrogen functional groups attached to an aromatic ring is 1. The van der Waals surface area contributed by atoms with E-state index in [0.29, 0.717) is 16.8 Å². The van der Waals surface area contributed by atoms with Crippen molar-refractivity contribution in [2.75, 3.05) is 17.7 Å². The lowest BCUT2D eigenvalue weighted by molar-refractivity contribution is 0.0993. The summed E-state index contributed by atoms with van der Waals surface area (Å²) in [4.78, 5) is 13.8.